The average molecular weight is 343 g/mol. The molecule has 1 amide bonds. The van der Waals surface area contributed by atoms with Crippen LogP contribution < -0.4 is 5.32 Å². The molecule has 1 saturated carbocycles. The Balaban J connectivity index is 1.77. The molecular weight excluding hydrogens is 314 g/mol. The van der Waals surface area contributed by atoms with Gasteiger partial charge >= 0.3 is 6.09 Å². The molecule has 1 N–H and O–H groups in total. The molecule has 0 bridgehead atoms. The summed E-state index contributed by atoms with van der Waals surface area (Å²) in [6.45, 7) is 5.62. The van der Waals surface area contributed by atoms with E-state index in [9.17, 15) is 4.79 Å². The summed E-state index contributed by atoms with van der Waals surface area (Å²) >= 11 is 0. The standard InChI is InChI=1S/C21H29NO3/c1-21(2,3)25-20(23)22-19-17-12-8-7-9-15(17)13-14-18(19)24-16-10-5-4-6-11-16/h7-9,12-14,16,18-19H,4-6,10-11H2,1-3H3,(H,22,23)/t18-,19-/m0/s1. The van der Waals surface area contributed by atoms with Gasteiger partial charge in [-0.25, -0.2) is 4.79 Å². The Morgan fingerprint density at radius 2 is 1.84 bits per heavy atom. The predicted octanol–water partition coefficient (Wildman–Crippen LogP) is 5.00. The molecule has 0 spiro atoms. The van der Waals surface area contributed by atoms with Gasteiger partial charge in [0.2, 0.25) is 0 Å². The predicted molar refractivity (Wildman–Crippen MR) is 99.3 cm³/mol. The van der Waals surface area contributed by atoms with Gasteiger partial charge in [-0.05, 0) is 44.7 Å². The van der Waals surface area contributed by atoms with E-state index in [-0.39, 0.29) is 18.2 Å². The molecule has 0 unspecified atom stereocenters. The topological polar surface area (TPSA) is 47.6 Å². The molecule has 0 aromatic heterocycles. The SMILES string of the molecule is CC(C)(C)OC(=O)N[C@H]1c2ccccc2C=C[C@@H]1OC1CCCCC1. The molecule has 4 nitrogen and oxygen atoms in total. The molecule has 25 heavy (non-hydrogen) atoms. The number of alkyl carbamates (subject to hydrolysis) is 1. The van der Waals surface area contributed by atoms with Crippen LogP contribution in [0.4, 0.5) is 4.79 Å². The molecule has 0 saturated heterocycles. The van der Waals surface area contributed by atoms with E-state index >= 15 is 0 Å². The molecule has 1 aromatic rings. The van der Waals surface area contributed by atoms with Gasteiger partial charge in [0.15, 0.2) is 0 Å². The van der Waals surface area contributed by atoms with Crippen LogP contribution in [0.3, 0.4) is 0 Å². The zero-order chi connectivity index (χ0) is 17.9. The number of hydrogen-bond acceptors (Lipinski definition) is 3. The molecule has 0 heterocycles. The minimum absolute atomic E-state index is 0.162. The summed E-state index contributed by atoms with van der Waals surface area (Å²) in [6, 6.07) is 7.90. The zero-order valence-corrected chi connectivity index (χ0v) is 15.5. The molecule has 1 aromatic carbocycles. The van der Waals surface area contributed by atoms with Crippen molar-refractivity contribution in [1.82, 2.24) is 5.32 Å². The minimum atomic E-state index is -0.520. The van der Waals surface area contributed by atoms with E-state index in [4.69, 9.17) is 9.47 Å². The Labute approximate surface area is 150 Å². The molecule has 2 aliphatic rings. The van der Waals surface area contributed by atoms with Crippen molar-refractivity contribution in [2.24, 2.45) is 0 Å². The van der Waals surface area contributed by atoms with E-state index in [0.29, 0.717) is 0 Å². The number of benzene rings is 1. The van der Waals surface area contributed by atoms with Gasteiger partial charge in [-0.15, -0.1) is 0 Å². The van der Waals surface area contributed by atoms with Crippen molar-refractivity contribution in [3.63, 3.8) is 0 Å². The Morgan fingerprint density at radius 1 is 1.12 bits per heavy atom. The third-order valence-electron chi connectivity index (χ3n) is 4.70. The lowest BCUT2D eigenvalue weighted by atomic mass is 9.90. The molecule has 136 valence electrons. The van der Waals surface area contributed by atoms with Crippen LogP contribution in [-0.4, -0.2) is 23.9 Å². The monoisotopic (exact) mass is 343 g/mol. The minimum Gasteiger partial charge on any atom is -0.444 e. The summed E-state index contributed by atoms with van der Waals surface area (Å²) in [5, 5.41) is 3.03. The van der Waals surface area contributed by atoms with Crippen molar-refractivity contribution in [3.8, 4) is 0 Å². The van der Waals surface area contributed by atoms with E-state index < -0.39 is 11.7 Å². The van der Waals surface area contributed by atoms with E-state index in [1.165, 1.54) is 19.3 Å². The maximum Gasteiger partial charge on any atom is 0.408 e. The Morgan fingerprint density at radius 3 is 2.56 bits per heavy atom. The van der Waals surface area contributed by atoms with Gasteiger partial charge in [-0.1, -0.05) is 55.7 Å². The van der Waals surface area contributed by atoms with Crippen molar-refractivity contribution in [3.05, 3.63) is 41.5 Å². The highest BCUT2D eigenvalue weighted by molar-refractivity contribution is 5.70. The Bertz CT molecular complexity index is 626. The van der Waals surface area contributed by atoms with Gasteiger partial charge in [0, 0.05) is 0 Å². The lowest BCUT2D eigenvalue weighted by Crippen LogP contribution is -2.42. The van der Waals surface area contributed by atoms with E-state index in [2.05, 4.69) is 29.6 Å². The molecule has 2 aliphatic carbocycles. The van der Waals surface area contributed by atoms with Crippen LogP contribution >= 0.6 is 0 Å². The Kier molecular flexibility index (Phi) is 5.48. The molecule has 1 fully saturated rings. The third kappa shape index (κ3) is 4.85. The second-order valence-electron chi connectivity index (χ2n) is 7.97. The van der Waals surface area contributed by atoms with Crippen LogP contribution in [0.25, 0.3) is 6.08 Å². The van der Waals surface area contributed by atoms with Crippen LogP contribution in [0.5, 0.6) is 0 Å². The largest absolute Gasteiger partial charge is 0.444 e. The fourth-order valence-corrected chi connectivity index (χ4v) is 3.57. The first-order chi connectivity index (χ1) is 11.9. The lowest BCUT2D eigenvalue weighted by Gasteiger charge is -2.34. The first-order valence-corrected chi connectivity index (χ1v) is 9.34. The first kappa shape index (κ1) is 18.0. The molecule has 4 heteroatoms. The van der Waals surface area contributed by atoms with Crippen molar-refractivity contribution in [2.45, 2.75) is 76.7 Å². The fourth-order valence-electron chi connectivity index (χ4n) is 3.57. The van der Waals surface area contributed by atoms with Gasteiger partial charge in [0.25, 0.3) is 0 Å². The molecule has 2 atom stereocenters. The second-order valence-corrected chi connectivity index (χ2v) is 7.97. The third-order valence-corrected chi connectivity index (χ3v) is 4.70. The summed E-state index contributed by atoms with van der Waals surface area (Å²) in [5.41, 5.74) is 1.68. The van der Waals surface area contributed by atoms with E-state index in [1.54, 1.807) is 0 Å². The van der Waals surface area contributed by atoms with Crippen molar-refractivity contribution >= 4 is 12.2 Å². The van der Waals surface area contributed by atoms with Crippen LogP contribution in [0.15, 0.2) is 30.3 Å². The highest BCUT2D eigenvalue weighted by Crippen LogP contribution is 2.33. The quantitative estimate of drug-likeness (QED) is 0.840. The smallest absolute Gasteiger partial charge is 0.408 e. The van der Waals surface area contributed by atoms with E-state index in [1.807, 2.05) is 32.9 Å². The van der Waals surface area contributed by atoms with Gasteiger partial charge < -0.3 is 14.8 Å². The molecule has 3 rings (SSSR count). The first-order valence-electron chi connectivity index (χ1n) is 9.34. The fraction of sp³-hybridized carbons (Fsp3) is 0.571. The Hall–Kier alpha value is -1.81. The highest BCUT2D eigenvalue weighted by atomic mass is 16.6. The summed E-state index contributed by atoms with van der Waals surface area (Å²) in [4.78, 5) is 12.4. The van der Waals surface area contributed by atoms with Crippen LogP contribution in [-0.2, 0) is 9.47 Å². The second kappa shape index (κ2) is 7.61. The number of hydrogen-bond donors (Lipinski definition) is 1. The van der Waals surface area contributed by atoms with Crippen LogP contribution in [0.1, 0.15) is 70.0 Å². The van der Waals surface area contributed by atoms with Crippen molar-refractivity contribution in [2.75, 3.05) is 0 Å². The zero-order valence-electron chi connectivity index (χ0n) is 15.5. The number of rotatable bonds is 3. The maximum absolute atomic E-state index is 12.4. The summed E-state index contributed by atoms with van der Waals surface area (Å²) in [6.07, 6.45) is 9.82. The highest BCUT2D eigenvalue weighted by Gasteiger charge is 2.32. The summed E-state index contributed by atoms with van der Waals surface area (Å²) < 4.78 is 11.8. The number of amides is 1. The number of ether oxygens (including phenoxy) is 2. The molecule has 0 radical (unpaired) electrons. The number of nitrogens with one attached hydrogen (secondary N) is 1. The van der Waals surface area contributed by atoms with Gasteiger partial charge in [-0.2, -0.15) is 0 Å². The van der Waals surface area contributed by atoms with Gasteiger partial charge in [0.1, 0.15) is 11.7 Å². The number of fused-ring (bicyclic) bond motifs is 1. The van der Waals surface area contributed by atoms with E-state index in [0.717, 1.165) is 24.0 Å². The van der Waals surface area contributed by atoms with Gasteiger partial charge in [-0.3, -0.25) is 0 Å². The van der Waals surface area contributed by atoms with Crippen LogP contribution in [0.2, 0.25) is 0 Å². The summed E-state index contributed by atoms with van der Waals surface area (Å²) in [7, 11) is 0. The molecule has 0 aliphatic heterocycles. The van der Waals surface area contributed by atoms with Gasteiger partial charge in [0.05, 0.1) is 12.1 Å². The molecular formula is C21H29NO3. The number of carbonyl (C=O) groups excluding carboxylic acids is 1. The van der Waals surface area contributed by atoms with Crippen molar-refractivity contribution in [1.29, 1.82) is 0 Å². The summed E-state index contributed by atoms with van der Waals surface area (Å²) in [5.74, 6) is 0. The maximum atomic E-state index is 12.4. The van der Waals surface area contributed by atoms with Crippen LogP contribution in [0, 0.1) is 0 Å². The lowest BCUT2D eigenvalue weighted by molar-refractivity contribution is -0.0267. The average Bonchev–Trinajstić information content (AvgIpc) is 2.56. The normalized spacial score (nSPS) is 23.8. The number of carbonyl (C=O) groups is 1. The van der Waals surface area contributed by atoms with Crippen molar-refractivity contribution < 1.29 is 14.3 Å².